The highest BCUT2D eigenvalue weighted by molar-refractivity contribution is 7.13. The zero-order valence-corrected chi connectivity index (χ0v) is 17.9. The molecule has 1 amide bonds. The van der Waals surface area contributed by atoms with Crippen molar-refractivity contribution >= 4 is 33.7 Å². The second-order valence-corrected chi connectivity index (χ2v) is 8.81. The number of nitrogens with one attached hydrogen (secondary N) is 1. The molecule has 3 aromatic rings. The normalized spacial score (nSPS) is 16.7. The number of amides is 1. The zero-order chi connectivity index (χ0) is 20.1. The number of carbonyl (C=O) groups is 1. The third-order valence-electron chi connectivity index (χ3n) is 5.07. The van der Waals surface area contributed by atoms with Gasteiger partial charge in [-0.3, -0.25) is 9.69 Å². The maximum atomic E-state index is 12.4. The quantitative estimate of drug-likeness (QED) is 0.586. The minimum absolute atomic E-state index is 0.00587. The predicted molar refractivity (Wildman–Crippen MR) is 114 cm³/mol. The van der Waals surface area contributed by atoms with Crippen LogP contribution < -0.4 is 5.32 Å². The fourth-order valence-electron chi connectivity index (χ4n) is 3.35. The number of piperazine rings is 1. The van der Waals surface area contributed by atoms with E-state index in [9.17, 15) is 4.79 Å². The van der Waals surface area contributed by atoms with E-state index in [1.54, 1.807) is 17.5 Å². The van der Waals surface area contributed by atoms with Crippen molar-refractivity contribution in [2.45, 2.75) is 25.8 Å². The van der Waals surface area contributed by atoms with Gasteiger partial charge in [-0.15, -0.1) is 22.7 Å². The lowest BCUT2D eigenvalue weighted by molar-refractivity contribution is -0.121. The van der Waals surface area contributed by atoms with Gasteiger partial charge in [0.05, 0.1) is 10.9 Å². The van der Waals surface area contributed by atoms with Crippen LogP contribution >= 0.6 is 22.7 Å². The van der Waals surface area contributed by atoms with Crippen molar-refractivity contribution in [3.8, 4) is 10.7 Å². The average molecular weight is 433 g/mol. The lowest BCUT2D eigenvalue weighted by Crippen LogP contribution is -2.52. The molecule has 0 spiro atoms. The van der Waals surface area contributed by atoms with Crippen molar-refractivity contribution in [1.82, 2.24) is 24.9 Å². The third kappa shape index (κ3) is 5.27. The Morgan fingerprint density at radius 2 is 2.14 bits per heavy atom. The Morgan fingerprint density at radius 1 is 1.28 bits per heavy atom. The van der Waals surface area contributed by atoms with Gasteiger partial charge in [0, 0.05) is 44.2 Å². The number of rotatable bonds is 8. The van der Waals surface area contributed by atoms with E-state index < -0.39 is 0 Å². The zero-order valence-electron chi connectivity index (χ0n) is 16.3. The van der Waals surface area contributed by atoms with E-state index in [4.69, 9.17) is 4.52 Å². The van der Waals surface area contributed by atoms with Crippen LogP contribution in [0.25, 0.3) is 10.7 Å². The van der Waals surface area contributed by atoms with Crippen molar-refractivity contribution in [1.29, 1.82) is 0 Å². The van der Waals surface area contributed by atoms with Crippen LogP contribution in [0.3, 0.4) is 0 Å². The minimum atomic E-state index is -0.157. The van der Waals surface area contributed by atoms with Gasteiger partial charge >= 0.3 is 0 Å². The molecular weight excluding hydrogens is 408 g/mol. The Kier molecular flexibility index (Phi) is 6.65. The highest BCUT2D eigenvalue weighted by Gasteiger charge is 2.25. The smallest absolute Gasteiger partial charge is 0.243 e. The van der Waals surface area contributed by atoms with E-state index in [1.807, 2.05) is 29.8 Å². The van der Waals surface area contributed by atoms with Crippen molar-refractivity contribution in [3.63, 3.8) is 0 Å². The number of hydrogen-bond acceptors (Lipinski definition) is 9. The molecule has 154 valence electrons. The molecule has 4 rings (SSSR count). The standard InChI is InChI=1S/C19H24N6O2S2/c1-14(18(26)22-19-20-6-13-29-19)25-10-8-24(9-11-25)7-2-5-16-21-17(23-27-16)15-4-3-12-28-15/h3-4,6,12-14H,2,5,7-11H2,1H3,(H,20,22,26). The molecule has 1 aliphatic rings. The van der Waals surface area contributed by atoms with Crippen LogP contribution in [0.5, 0.6) is 0 Å². The van der Waals surface area contributed by atoms with Gasteiger partial charge < -0.3 is 14.7 Å². The van der Waals surface area contributed by atoms with Gasteiger partial charge in [-0.1, -0.05) is 11.2 Å². The molecule has 0 radical (unpaired) electrons. The summed E-state index contributed by atoms with van der Waals surface area (Å²) in [6.45, 7) is 6.63. The van der Waals surface area contributed by atoms with Crippen molar-refractivity contribution in [3.05, 3.63) is 35.0 Å². The van der Waals surface area contributed by atoms with Crippen LogP contribution in [-0.4, -0.2) is 69.6 Å². The molecule has 1 N–H and O–H groups in total. The maximum Gasteiger partial charge on any atom is 0.243 e. The van der Waals surface area contributed by atoms with Crippen LogP contribution in [0.1, 0.15) is 19.2 Å². The molecule has 3 aromatic heterocycles. The number of carbonyl (C=O) groups excluding carboxylic acids is 1. The topological polar surface area (TPSA) is 87.4 Å². The highest BCUT2D eigenvalue weighted by atomic mass is 32.1. The molecule has 1 fully saturated rings. The molecular formula is C19H24N6O2S2. The molecule has 0 bridgehead atoms. The SMILES string of the molecule is CC(C(=O)Nc1nccs1)N1CCN(CCCc2nc(-c3cccs3)no2)CC1. The molecule has 1 unspecified atom stereocenters. The lowest BCUT2D eigenvalue weighted by Gasteiger charge is -2.37. The number of anilines is 1. The van der Waals surface area contributed by atoms with E-state index >= 15 is 0 Å². The van der Waals surface area contributed by atoms with Crippen LogP contribution in [0, 0.1) is 0 Å². The summed E-state index contributed by atoms with van der Waals surface area (Å²) in [5, 5.41) is 11.5. The summed E-state index contributed by atoms with van der Waals surface area (Å²) in [7, 11) is 0. The fraction of sp³-hybridized carbons (Fsp3) is 0.474. The Labute approximate surface area is 177 Å². The third-order valence-corrected chi connectivity index (χ3v) is 6.63. The molecule has 1 aliphatic heterocycles. The Balaban J connectivity index is 1.17. The summed E-state index contributed by atoms with van der Waals surface area (Å²) in [6.07, 6.45) is 3.46. The molecule has 1 saturated heterocycles. The van der Waals surface area contributed by atoms with Crippen LogP contribution in [-0.2, 0) is 11.2 Å². The highest BCUT2D eigenvalue weighted by Crippen LogP contribution is 2.21. The van der Waals surface area contributed by atoms with Crippen LogP contribution in [0.15, 0.2) is 33.6 Å². The summed E-state index contributed by atoms with van der Waals surface area (Å²) in [5.74, 6) is 1.37. The monoisotopic (exact) mass is 432 g/mol. The van der Waals surface area contributed by atoms with Crippen LogP contribution in [0.2, 0.25) is 0 Å². The molecule has 8 nitrogen and oxygen atoms in total. The number of hydrogen-bond donors (Lipinski definition) is 1. The predicted octanol–water partition coefficient (Wildman–Crippen LogP) is 2.83. The Hall–Kier alpha value is -2.14. The van der Waals surface area contributed by atoms with Gasteiger partial charge in [0.25, 0.3) is 0 Å². The number of thiophene rings is 1. The second kappa shape index (κ2) is 9.57. The number of aromatic nitrogens is 3. The minimum Gasteiger partial charge on any atom is -0.339 e. The van der Waals surface area contributed by atoms with E-state index in [2.05, 4.69) is 30.2 Å². The van der Waals surface area contributed by atoms with Gasteiger partial charge in [0.1, 0.15) is 0 Å². The van der Waals surface area contributed by atoms with Crippen molar-refractivity contribution in [2.75, 3.05) is 38.0 Å². The maximum absolute atomic E-state index is 12.4. The first-order valence-corrected chi connectivity index (χ1v) is 11.5. The first kappa shape index (κ1) is 20.1. The molecule has 0 aromatic carbocycles. The number of thiazole rings is 1. The molecule has 0 saturated carbocycles. The van der Waals surface area contributed by atoms with Crippen molar-refractivity contribution in [2.24, 2.45) is 0 Å². The van der Waals surface area contributed by atoms with Gasteiger partial charge in [-0.2, -0.15) is 4.98 Å². The van der Waals surface area contributed by atoms with Gasteiger partial charge in [-0.25, -0.2) is 4.98 Å². The fourth-order valence-corrected chi connectivity index (χ4v) is 4.53. The summed E-state index contributed by atoms with van der Waals surface area (Å²) < 4.78 is 5.37. The summed E-state index contributed by atoms with van der Waals surface area (Å²) in [5.41, 5.74) is 0. The molecule has 0 aliphatic carbocycles. The number of aryl methyl sites for hydroxylation is 1. The summed E-state index contributed by atoms with van der Waals surface area (Å²) in [6, 6.07) is 3.83. The molecule has 10 heteroatoms. The first-order valence-electron chi connectivity index (χ1n) is 9.72. The van der Waals surface area contributed by atoms with Gasteiger partial charge in [0.2, 0.25) is 17.6 Å². The van der Waals surface area contributed by atoms with E-state index in [1.165, 1.54) is 11.3 Å². The average Bonchev–Trinajstić information content (AvgIpc) is 3.50. The molecule has 4 heterocycles. The van der Waals surface area contributed by atoms with Crippen LogP contribution in [0.4, 0.5) is 5.13 Å². The Bertz CT molecular complexity index is 888. The summed E-state index contributed by atoms with van der Waals surface area (Å²) in [4.78, 5) is 26.7. The Morgan fingerprint density at radius 3 is 2.86 bits per heavy atom. The van der Waals surface area contributed by atoms with E-state index in [0.29, 0.717) is 16.8 Å². The van der Waals surface area contributed by atoms with E-state index in [0.717, 1.165) is 50.4 Å². The van der Waals surface area contributed by atoms with Gasteiger partial charge in [0.15, 0.2) is 5.13 Å². The molecule has 1 atom stereocenters. The lowest BCUT2D eigenvalue weighted by atomic mass is 10.2. The van der Waals surface area contributed by atoms with Crippen molar-refractivity contribution < 1.29 is 9.32 Å². The number of nitrogens with zero attached hydrogens (tertiary/aromatic N) is 5. The summed E-state index contributed by atoms with van der Waals surface area (Å²) >= 11 is 3.05. The largest absolute Gasteiger partial charge is 0.339 e. The first-order chi connectivity index (χ1) is 14.2. The van der Waals surface area contributed by atoms with Gasteiger partial charge in [-0.05, 0) is 31.3 Å². The second-order valence-electron chi connectivity index (χ2n) is 6.97. The van der Waals surface area contributed by atoms with E-state index in [-0.39, 0.29) is 11.9 Å². The molecule has 29 heavy (non-hydrogen) atoms.